The second-order valence-electron chi connectivity index (χ2n) is 6.83. The zero-order valence-corrected chi connectivity index (χ0v) is 16.0. The number of benzene rings is 1. The molecule has 1 fully saturated rings. The van der Waals surface area contributed by atoms with Crippen LogP contribution in [0.1, 0.15) is 12.0 Å². The van der Waals surface area contributed by atoms with E-state index < -0.39 is 5.60 Å². The lowest BCUT2D eigenvalue weighted by molar-refractivity contribution is -0.137. The molecule has 29 heavy (non-hydrogen) atoms. The average molecular weight is 389 g/mol. The van der Waals surface area contributed by atoms with E-state index in [2.05, 4.69) is 26.8 Å². The molecule has 1 atom stereocenters. The summed E-state index contributed by atoms with van der Waals surface area (Å²) in [6.07, 6.45) is 1.67. The minimum absolute atomic E-state index is 0.282. The summed E-state index contributed by atoms with van der Waals surface area (Å²) in [4.78, 5) is 26.3. The number of aliphatic hydroxyl groups is 1. The molecule has 0 saturated carbocycles. The van der Waals surface area contributed by atoms with Crippen LogP contribution >= 0.6 is 0 Å². The van der Waals surface area contributed by atoms with Gasteiger partial charge in [-0.15, -0.1) is 0 Å². The first-order valence-corrected chi connectivity index (χ1v) is 8.98. The van der Waals surface area contributed by atoms with E-state index in [1.54, 1.807) is 32.4 Å². The molecule has 1 aromatic carbocycles. The summed E-state index contributed by atoms with van der Waals surface area (Å²) in [6.45, 7) is 0.475. The highest BCUT2D eigenvalue weighted by atomic mass is 16.5. The molecule has 0 spiro atoms. The van der Waals surface area contributed by atoms with Gasteiger partial charge in [0.15, 0.2) is 5.82 Å². The molecular weight excluding hydrogens is 370 g/mol. The topological polar surface area (TPSA) is 114 Å². The number of carbonyl (C=O) groups is 1. The average Bonchev–Trinajstić information content (AvgIpc) is 3.00. The molecule has 1 unspecified atom stereocenters. The lowest BCUT2D eigenvalue weighted by Crippen LogP contribution is -2.37. The number of aromatic nitrogens is 3. The Morgan fingerprint density at radius 3 is 2.83 bits per heavy atom. The summed E-state index contributed by atoms with van der Waals surface area (Å²) in [5.74, 6) is 6.14. The summed E-state index contributed by atoms with van der Waals surface area (Å²) in [5, 5.41) is 10.5. The van der Waals surface area contributed by atoms with Crippen molar-refractivity contribution < 1.29 is 14.6 Å². The Morgan fingerprint density at radius 2 is 2.10 bits per heavy atom. The van der Waals surface area contributed by atoms with Gasteiger partial charge in [0.1, 0.15) is 17.6 Å². The number of methoxy groups -OCH3 is 1. The highest BCUT2D eigenvalue weighted by molar-refractivity contribution is 5.90. The number of rotatable bonds is 2. The zero-order valence-electron chi connectivity index (χ0n) is 16.0. The Morgan fingerprint density at radius 1 is 1.28 bits per heavy atom. The summed E-state index contributed by atoms with van der Waals surface area (Å²) >= 11 is 0. The van der Waals surface area contributed by atoms with Crippen molar-refractivity contribution >= 4 is 22.8 Å². The van der Waals surface area contributed by atoms with Crippen molar-refractivity contribution in [3.8, 4) is 28.8 Å². The van der Waals surface area contributed by atoms with E-state index in [0.29, 0.717) is 40.1 Å². The molecule has 0 radical (unpaired) electrons. The molecule has 1 amide bonds. The Balaban J connectivity index is 1.77. The largest absolute Gasteiger partial charge is 0.496 e. The number of carbonyl (C=O) groups excluding carboxylic acids is 1. The van der Waals surface area contributed by atoms with Crippen LogP contribution in [0.3, 0.4) is 0 Å². The van der Waals surface area contributed by atoms with Crippen LogP contribution in [0.25, 0.3) is 22.3 Å². The van der Waals surface area contributed by atoms with Crippen LogP contribution in [-0.4, -0.2) is 57.2 Å². The number of pyridine rings is 1. The number of nitrogens with two attached hydrogens (primary N) is 1. The molecule has 8 nitrogen and oxygen atoms in total. The van der Waals surface area contributed by atoms with Crippen LogP contribution in [0, 0.1) is 11.8 Å². The molecule has 3 heterocycles. The minimum atomic E-state index is -1.65. The minimum Gasteiger partial charge on any atom is -0.496 e. The van der Waals surface area contributed by atoms with Crippen LogP contribution < -0.4 is 10.5 Å². The van der Waals surface area contributed by atoms with Crippen molar-refractivity contribution in [2.75, 3.05) is 26.4 Å². The fourth-order valence-corrected chi connectivity index (χ4v) is 3.24. The van der Waals surface area contributed by atoms with Gasteiger partial charge in [0.25, 0.3) is 5.91 Å². The van der Waals surface area contributed by atoms with E-state index in [1.807, 2.05) is 12.1 Å². The van der Waals surface area contributed by atoms with Crippen molar-refractivity contribution in [3.05, 3.63) is 42.2 Å². The second kappa shape index (κ2) is 7.04. The van der Waals surface area contributed by atoms with Gasteiger partial charge in [0.2, 0.25) is 5.60 Å². The van der Waals surface area contributed by atoms with Gasteiger partial charge in [-0.1, -0.05) is 11.8 Å². The van der Waals surface area contributed by atoms with Gasteiger partial charge in [-0.3, -0.25) is 4.79 Å². The fourth-order valence-electron chi connectivity index (χ4n) is 3.24. The molecule has 1 saturated heterocycles. The first-order chi connectivity index (χ1) is 13.9. The summed E-state index contributed by atoms with van der Waals surface area (Å²) in [5.41, 5.74) is 7.36. The number of hydrogen-bond donors (Lipinski definition) is 2. The highest BCUT2D eigenvalue weighted by Crippen LogP contribution is 2.31. The third-order valence-corrected chi connectivity index (χ3v) is 4.91. The van der Waals surface area contributed by atoms with Crippen LogP contribution in [0.5, 0.6) is 5.75 Å². The molecule has 146 valence electrons. The Bertz CT molecular complexity index is 1180. The predicted octanol–water partition coefficient (Wildman–Crippen LogP) is 1.23. The van der Waals surface area contributed by atoms with Crippen molar-refractivity contribution in [1.29, 1.82) is 0 Å². The van der Waals surface area contributed by atoms with Gasteiger partial charge in [-0.25, -0.2) is 15.0 Å². The maximum absolute atomic E-state index is 12.1. The SMILES string of the molecule is COc1ccc(C#CC2(O)CCN(C)C2=O)cc1-c1ccc2ncnc(N)c2n1. The molecule has 3 N–H and O–H groups in total. The third kappa shape index (κ3) is 3.32. The normalized spacial score (nSPS) is 18.6. The molecule has 4 rings (SSSR count). The molecule has 1 aliphatic heterocycles. The van der Waals surface area contributed by atoms with E-state index in [0.717, 1.165) is 0 Å². The van der Waals surface area contributed by atoms with Gasteiger partial charge in [0, 0.05) is 31.1 Å². The number of fused-ring (bicyclic) bond motifs is 1. The van der Waals surface area contributed by atoms with Gasteiger partial charge in [0.05, 0.1) is 18.3 Å². The molecular formula is C21H19N5O3. The van der Waals surface area contributed by atoms with Crippen molar-refractivity contribution in [2.45, 2.75) is 12.0 Å². The van der Waals surface area contributed by atoms with Crippen LogP contribution in [0.4, 0.5) is 5.82 Å². The maximum atomic E-state index is 12.1. The number of anilines is 1. The first kappa shape index (κ1) is 18.7. The van der Waals surface area contributed by atoms with Crippen LogP contribution in [0.15, 0.2) is 36.7 Å². The van der Waals surface area contributed by atoms with Gasteiger partial charge in [-0.05, 0) is 30.3 Å². The number of likely N-dealkylation sites (tertiary alicyclic amines) is 1. The zero-order chi connectivity index (χ0) is 20.6. The van der Waals surface area contributed by atoms with Crippen molar-refractivity contribution in [2.24, 2.45) is 0 Å². The van der Waals surface area contributed by atoms with E-state index in [9.17, 15) is 9.90 Å². The monoisotopic (exact) mass is 389 g/mol. The number of nitrogen functional groups attached to an aromatic ring is 1. The predicted molar refractivity (Wildman–Crippen MR) is 108 cm³/mol. The highest BCUT2D eigenvalue weighted by Gasteiger charge is 2.42. The Labute approximate surface area is 167 Å². The first-order valence-electron chi connectivity index (χ1n) is 8.98. The maximum Gasteiger partial charge on any atom is 0.267 e. The van der Waals surface area contributed by atoms with E-state index in [-0.39, 0.29) is 18.1 Å². The van der Waals surface area contributed by atoms with E-state index in [1.165, 1.54) is 11.2 Å². The number of likely N-dealkylation sites (N-methyl/N-ethyl adjacent to an activating group) is 1. The van der Waals surface area contributed by atoms with Gasteiger partial charge >= 0.3 is 0 Å². The Hall–Kier alpha value is -3.70. The third-order valence-electron chi connectivity index (χ3n) is 4.91. The summed E-state index contributed by atoms with van der Waals surface area (Å²) in [6, 6.07) is 8.95. The number of amides is 1. The smallest absolute Gasteiger partial charge is 0.267 e. The van der Waals surface area contributed by atoms with Crippen LogP contribution in [-0.2, 0) is 4.79 Å². The van der Waals surface area contributed by atoms with E-state index in [4.69, 9.17) is 10.5 Å². The molecule has 0 bridgehead atoms. The molecule has 3 aromatic rings. The van der Waals surface area contributed by atoms with Crippen molar-refractivity contribution in [3.63, 3.8) is 0 Å². The second-order valence-corrected chi connectivity index (χ2v) is 6.83. The van der Waals surface area contributed by atoms with Crippen molar-refractivity contribution in [1.82, 2.24) is 19.9 Å². The van der Waals surface area contributed by atoms with Gasteiger partial charge < -0.3 is 20.5 Å². The standard InChI is InChI=1S/C21H19N5O3/c1-26-10-9-21(28,20(26)27)8-7-13-3-6-17(29-2)14(11-13)15-4-5-16-18(25-15)19(22)24-12-23-16/h3-6,11-12,28H,9-10H2,1-2H3,(H2,22,23,24). The van der Waals surface area contributed by atoms with E-state index >= 15 is 0 Å². The quantitative estimate of drug-likeness (QED) is 0.634. The van der Waals surface area contributed by atoms with Crippen LogP contribution in [0.2, 0.25) is 0 Å². The molecule has 2 aromatic heterocycles. The lowest BCUT2D eigenvalue weighted by Gasteiger charge is -2.13. The summed E-state index contributed by atoms with van der Waals surface area (Å²) in [7, 11) is 3.22. The number of hydrogen-bond acceptors (Lipinski definition) is 7. The summed E-state index contributed by atoms with van der Waals surface area (Å²) < 4.78 is 5.47. The molecule has 1 aliphatic rings. The number of ether oxygens (including phenoxy) is 1. The lowest BCUT2D eigenvalue weighted by atomic mass is 10.0. The Kier molecular flexibility index (Phi) is 4.53. The molecule has 8 heteroatoms. The molecule has 0 aliphatic carbocycles. The fraction of sp³-hybridized carbons (Fsp3) is 0.238. The number of nitrogens with zero attached hydrogens (tertiary/aromatic N) is 4. The van der Waals surface area contributed by atoms with Gasteiger partial charge in [-0.2, -0.15) is 0 Å².